The van der Waals surface area contributed by atoms with Crippen molar-refractivity contribution in [2.24, 2.45) is 5.92 Å². The topological polar surface area (TPSA) is 46.5 Å². The Hall–Kier alpha value is -0.730. The van der Waals surface area contributed by atoms with Crippen LogP contribution in [0.1, 0.15) is 65.7 Å². The molecule has 0 bridgehead atoms. The van der Waals surface area contributed by atoms with Gasteiger partial charge in [-0.3, -0.25) is 0 Å². The highest BCUT2D eigenvalue weighted by molar-refractivity contribution is 5.57. The van der Waals surface area contributed by atoms with Crippen LogP contribution < -0.4 is 0 Å². The normalized spacial score (nSPS) is 14.4. The number of rotatable bonds is 9. The van der Waals surface area contributed by atoms with E-state index in [1.165, 1.54) is 0 Å². The van der Waals surface area contributed by atoms with E-state index in [1.807, 2.05) is 0 Å². The molecule has 0 aliphatic rings. The van der Waals surface area contributed by atoms with Crippen LogP contribution in [0.4, 0.5) is 4.79 Å². The van der Waals surface area contributed by atoms with E-state index in [4.69, 9.17) is 9.84 Å². The Labute approximate surface area is 99.2 Å². The van der Waals surface area contributed by atoms with E-state index < -0.39 is 6.16 Å². The highest BCUT2D eigenvalue weighted by atomic mass is 16.7. The van der Waals surface area contributed by atoms with E-state index in [0.29, 0.717) is 5.92 Å². The number of hydrogen-bond acceptors (Lipinski definition) is 2. The lowest BCUT2D eigenvalue weighted by Crippen LogP contribution is -2.26. The van der Waals surface area contributed by atoms with E-state index in [2.05, 4.69) is 20.8 Å². The van der Waals surface area contributed by atoms with Crippen LogP contribution in [0.15, 0.2) is 0 Å². The summed E-state index contributed by atoms with van der Waals surface area (Å²) in [5, 5.41) is 8.73. The lowest BCUT2D eigenvalue weighted by atomic mass is 9.90. The molecular weight excluding hydrogens is 204 g/mol. The van der Waals surface area contributed by atoms with Gasteiger partial charge in [0.25, 0.3) is 0 Å². The zero-order chi connectivity index (χ0) is 12.4. The predicted molar refractivity (Wildman–Crippen MR) is 65.7 cm³/mol. The van der Waals surface area contributed by atoms with Crippen LogP contribution in [0.25, 0.3) is 0 Å². The first-order valence-electron chi connectivity index (χ1n) is 6.55. The molecule has 0 spiro atoms. The molecule has 0 aliphatic carbocycles. The average molecular weight is 230 g/mol. The molecule has 0 saturated heterocycles. The Morgan fingerprint density at radius 3 is 2.12 bits per heavy atom. The summed E-state index contributed by atoms with van der Waals surface area (Å²) in [6, 6.07) is 0. The van der Waals surface area contributed by atoms with Gasteiger partial charge in [0.1, 0.15) is 6.10 Å². The van der Waals surface area contributed by atoms with E-state index >= 15 is 0 Å². The molecule has 0 aliphatic heterocycles. The molecule has 3 nitrogen and oxygen atoms in total. The minimum atomic E-state index is -1.13. The summed E-state index contributed by atoms with van der Waals surface area (Å²) in [5.74, 6) is 0.391. The largest absolute Gasteiger partial charge is 0.506 e. The lowest BCUT2D eigenvalue weighted by molar-refractivity contribution is 0.0157. The first-order chi connectivity index (χ1) is 7.65. The monoisotopic (exact) mass is 230 g/mol. The molecule has 0 fully saturated rings. The minimum Gasteiger partial charge on any atom is -0.450 e. The summed E-state index contributed by atoms with van der Waals surface area (Å²) in [6.07, 6.45) is 6.16. The number of unbranched alkanes of at least 4 members (excludes halogenated alkanes) is 2. The van der Waals surface area contributed by atoms with Crippen molar-refractivity contribution in [3.8, 4) is 0 Å². The second kappa shape index (κ2) is 9.49. The highest BCUT2D eigenvalue weighted by Gasteiger charge is 2.22. The first kappa shape index (κ1) is 15.3. The van der Waals surface area contributed by atoms with Crippen LogP contribution in [0.2, 0.25) is 0 Å². The molecule has 1 N–H and O–H groups in total. The van der Waals surface area contributed by atoms with Gasteiger partial charge in [0, 0.05) is 0 Å². The molecule has 0 aromatic rings. The molecule has 0 amide bonds. The molecular formula is C13H26O3. The fourth-order valence-corrected chi connectivity index (χ4v) is 2.04. The molecule has 2 unspecified atom stereocenters. The first-order valence-corrected chi connectivity index (χ1v) is 6.55. The third-order valence-corrected chi connectivity index (χ3v) is 3.07. The van der Waals surface area contributed by atoms with Crippen molar-refractivity contribution in [3.63, 3.8) is 0 Å². The van der Waals surface area contributed by atoms with Gasteiger partial charge in [0.2, 0.25) is 0 Å². The fraction of sp³-hybridized carbons (Fsp3) is 0.923. The van der Waals surface area contributed by atoms with Crippen LogP contribution in [-0.4, -0.2) is 17.4 Å². The zero-order valence-corrected chi connectivity index (χ0v) is 10.9. The molecule has 0 aromatic heterocycles. The Morgan fingerprint density at radius 1 is 1.12 bits per heavy atom. The molecule has 0 aromatic carbocycles. The number of ether oxygens (including phenoxy) is 1. The molecule has 96 valence electrons. The van der Waals surface area contributed by atoms with E-state index in [-0.39, 0.29) is 6.10 Å². The lowest BCUT2D eigenvalue weighted by Gasteiger charge is -2.25. The Bertz CT molecular complexity index is 180. The maximum Gasteiger partial charge on any atom is 0.506 e. The van der Waals surface area contributed by atoms with Gasteiger partial charge >= 0.3 is 6.16 Å². The van der Waals surface area contributed by atoms with Crippen molar-refractivity contribution in [2.75, 3.05) is 0 Å². The average Bonchev–Trinajstić information content (AvgIpc) is 2.25. The quantitative estimate of drug-likeness (QED) is 0.595. The van der Waals surface area contributed by atoms with Crippen LogP contribution in [-0.2, 0) is 4.74 Å². The van der Waals surface area contributed by atoms with E-state index in [1.54, 1.807) is 0 Å². The Balaban J connectivity index is 4.23. The van der Waals surface area contributed by atoms with Crippen LogP contribution in [0.3, 0.4) is 0 Å². The van der Waals surface area contributed by atoms with Gasteiger partial charge in [0.15, 0.2) is 0 Å². The zero-order valence-electron chi connectivity index (χ0n) is 10.9. The van der Waals surface area contributed by atoms with Gasteiger partial charge in [-0.2, -0.15) is 0 Å². The van der Waals surface area contributed by atoms with Crippen molar-refractivity contribution < 1.29 is 14.6 Å². The maximum atomic E-state index is 10.6. The summed E-state index contributed by atoms with van der Waals surface area (Å²) in [4.78, 5) is 10.6. The Kier molecular flexibility index (Phi) is 9.06. The van der Waals surface area contributed by atoms with Gasteiger partial charge in [-0.25, -0.2) is 4.79 Å². The molecule has 0 heterocycles. The maximum absolute atomic E-state index is 10.6. The molecule has 16 heavy (non-hydrogen) atoms. The van der Waals surface area contributed by atoms with Crippen LogP contribution in [0, 0.1) is 5.92 Å². The van der Waals surface area contributed by atoms with Gasteiger partial charge < -0.3 is 9.84 Å². The van der Waals surface area contributed by atoms with Crippen molar-refractivity contribution in [2.45, 2.75) is 71.8 Å². The van der Waals surface area contributed by atoms with E-state index in [0.717, 1.165) is 44.9 Å². The minimum absolute atomic E-state index is 0.103. The third-order valence-electron chi connectivity index (χ3n) is 3.07. The highest BCUT2D eigenvalue weighted by Crippen LogP contribution is 2.23. The summed E-state index contributed by atoms with van der Waals surface area (Å²) in [6.45, 7) is 6.39. The second-order valence-electron chi connectivity index (χ2n) is 4.37. The standard InChI is InChI=1S/C13H26O3/c1-4-7-9-11(6-3)12(10-8-5-2)16-13(14)15/h11-12H,4-10H2,1-3H3,(H,14,15). The summed E-state index contributed by atoms with van der Waals surface area (Å²) >= 11 is 0. The van der Waals surface area contributed by atoms with Gasteiger partial charge in [-0.05, 0) is 25.2 Å². The summed E-state index contributed by atoms with van der Waals surface area (Å²) < 4.78 is 5.02. The summed E-state index contributed by atoms with van der Waals surface area (Å²) in [5.41, 5.74) is 0. The van der Waals surface area contributed by atoms with Crippen molar-refractivity contribution in [1.82, 2.24) is 0 Å². The fourth-order valence-electron chi connectivity index (χ4n) is 2.04. The van der Waals surface area contributed by atoms with Gasteiger partial charge in [-0.15, -0.1) is 0 Å². The van der Waals surface area contributed by atoms with Crippen molar-refractivity contribution in [3.05, 3.63) is 0 Å². The van der Waals surface area contributed by atoms with Gasteiger partial charge in [0.05, 0.1) is 0 Å². The molecule has 3 heteroatoms. The SMILES string of the molecule is CCCCC(CC)C(CCCC)OC(=O)O. The molecule has 2 atom stereocenters. The Morgan fingerprint density at radius 2 is 1.69 bits per heavy atom. The number of carboxylic acid groups (broad SMARTS) is 1. The molecule has 0 radical (unpaired) electrons. The third kappa shape index (κ3) is 6.70. The summed E-state index contributed by atoms with van der Waals surface area (Å²) in [7, 11) is 0. The number of hydrogen-bond donors (Lipinski definition) is 1. The molecule has 0 rings (SSSR count). The van der Waals surface area contributed by atoms with Crippen LogP contribution >= 0.6 is 0 Å². The smallest absolute Gasteiger partial charge is 0.450 e. The van der Waals surface area contributed by atoms with Gasteiger partial charge in [-0.1, -0.05) is 46.5 Å². The van der Waals surface area contributed by atoms with E-state index in [9.17, 15) is 4.79 Å². The number of carbonyl (C=O) groups is 1. The van der Waals surface area contributed by atoms with Crippen molar-refractivity contribution >= 4 is 6.16 Å². The van der Waals surface area contributed by atoms with Crippen LogP contribution in [0.5, 0.6) is 0 Å². The molecule has 0 saturated carbocycles. The predicted octanol–water partition coefficient (Wildman–Crippen LogP) is 4.46. The van der Waals surface area contributed by atoms with Crippen molar-refractivity contribution in [1.29, 1.82) is 0 Å². The second-order valence-corrected chi connectivity index (χ2v) is 4.37.